The van der Waals surface area contributed by atoms with E-state index < -0.39 is 0 Å². The summed E-state index contributed by atoms with van der Waals surface area (Å²) < 4.78 is 0. The van der Waals surface area contributed by atoms with Crippen LogP contribution in [0.25, 0.3) is 0 Å². The second-order valence-electron chi connectivity index (χ2n) is 4.63. The quantitative estimate of drug-likeness (QED) is 0.773. The summed E-state index contributed by atoms with van der Waals surface area (Å²) in [7, 11) is 0. The lowest BCUT2D eigenvalue weighted by molar-refractivity contribution is 0.403. The number of hydrogen-bond acceptors (Lipinski definition) is 2. The van der Waals surface area contributed by atoms with Gasteiger partial charge in [0, 0.05) is 12.1 Å². The van der Waals surface area contributed by atoms with E-state index in [1.807, 2.05) is 18.2 Å². The Balaban J connectivity index is 2.45. The predicted octanol–water partition coefficient (Wildman–Crippen LogP) is 2.71. The van der Waals surface area contributed by atoms with Crippen LogP contribution in [0.3, 0.4) is 0 Å². The third-order valence-corrected chi connectivity index (χ3v) is 3.20. The highest BCUT2D eigenvalue weighted by molar-refractivity contribution is 5.19. The van der Waals surface area contributed by atoms with Crippen molar-refractivity contribution in [1.82, 2.24) is 5.32 Å². The van der Waals surface area contributed by atoms with Gasteiger partial charge in [-0.1, -0.05) is 44.2 Å². The number of rotatable bonds is 6. The largest absolute Gasteiger partial charge is 0.324 e. The van der Waals surface area contributed by atoms with Gasteiger partial charge < -0.3 is 11.1 Å². The fraction of sp³-hybridized carbons (Fsp3) is 0.571. The molecule has 3 N–H and O–H groups in total. The Kier molecular flexibility index (Phi) is 5.50. The van der Waals surface area contributed by atoms with Crippen LogP contribution >= 0.6 is 0 Å². The van der Waals surface area contributed by atoms with E-state index in [-0.39, 0.29) is 6.04 Å². The van der Waals surface area contributed by atoms with Gasteiger partial charge in [-0.25, -0.2) is 0 Å². The topological polar surface area (TPSA) is 38.0 Å². The molecule has 1 rings (SSSR count). The molecule has 3 unspecified atom stereocenters. The first-order chi connectivity index (χ1) is 7.65. The lowest BCUT2D eigenvalue weighted by Crippen LogP contribution is -2.34. The van der Waals surface area contributed by atoms with Crippen molar-refractivity contribution in [2.24, 2.45) is 11.7 Å². The molecule has 1 aromatic rings. The van der Waals surface area contributed by atoms with Crippen LogP contribution in [-0.4, -0.2) is 12.6 Å². The van der Waals surface area contributed by atoms with E-state index in [4.69, 9.17) is 5.73 Å². The molecule has 2 heteroatoms. The average Bonchev–Trinajstić information content (AvgIpc) is 2.35. The van der Waals surface area contributed by atoms with Gasteiger partial charge in [-0.05, 0) is 31.4 Å². The summed E-state index contributed by atoms with van der Waals surface area (Å²) in [5, 5.41) is 3.50. The fourth-order valence-corrected chi connectivity index (χ4v) is 1.66. The van der Waals surface area contributed by atoms with E-state index in [1.165, 1.54) is 5.56 Å². The smallest absolute Gasteiger partial charge is 0.0333 e. The maximum Gasteiger partial charge on any atom is 0.0333 e. The summed E-state index contributed by atoms with van der Waals surface area (Å²) in [5.41, 5.74) is 7.45. The summed E-state index contributed by atoms with van der Waals surface area (Å²) in [6.07, 6.45) is 1.16. The molecule has 0 heterocycles. The van der Waals surface area contributed by atoms with Crippen LogP contribution in [0.5, 0.6) is 0 Å². The van der Waals surface area contributed by atoms with Gasteiger partial charge in [0.1, 0.15) is 0 Å². The highest BCUT2D eigenvalue weighted by atomic mass is 14.9. The van der Waals surface area contributed by atoms with Gasteiger partial charge >= 0.3 is 0 Å². The van der Waals surface area contributed by atoms with E-state index in [9.17, 15) is 0 Å². The summed E-state index contributed by atoms with van der Waals surface area (Å²) in [5.74, 6) is 0.455. The zero-order chi connectivity index (χ0) is 12.0. The monoisotopic (exact) mass is 220 g/mol. The highest BCUT2D eigenvalue weighted by Crippen LogP contribution is 2.18. The minimum absolute atomic E-state index is 0.123. The lowest BCUT2D eigenvalue weighted by Gasteiger charge is -2.22. The molecular formula is C14H24N2. The normalized spacial score (nSPS) is 16.8. The minimum Gasteiger partial charge on any atom is -0.324 e. The van der Waals surface area contributed by atoms with Crippen molar-refractivity contribution in [2.45, 2.75) is 39.3 Å². The van der Waals surface area contributed by atoms with E-state index in [0.29, 0.717) is 12.0 Å². The predicted molar refractivity (Wildman–Crippen MR) is 70.3 cm³/mol. The number of benzene rings is 1. The average molecular weight is 220 g/mol. The fourth-order valence-electron chi connectivity index (χ4n) is 1.66. The maximum absolute atomic E-state index is 6.23. The van der Waals surface area contributed by atoms with Crippen LogP contribution in [-0.2, 0) is 0 Å². The van der Waals surface area contributed by atoms with Crippen LogP contribution in [0.4, 0.5) is 0 Å². The SMILES string of the molecule is CCC(C)NCC(C)C(N)c1ccccc1. The van der Waals surface area contributed by atoms with E-state index in [0.717, 1.165) is 13.0 Å². The molecule has 0 fully saturated rings. The molecule has 1 aromatic carbocycles. The maximum atomic E-state index is 6.23. The molecule has 0 saturated heterocycles. The third kappa shape index (κ3) is 3.95. The Hall–Kier alpha value is -0.860. The molecule has 0 aliphatic carbocycles. The van der Waals surface area contributed by atoms with Gasteiger partial charge in [0.15, 0.2) is 0 Å². The standard InChI is InChI=1S/C14H24N2/c1-4-12(3)16-10-11(2)14(15)13-8-6-5-7-9-13/h5-9,11-12,14,16H,4,10,15H2,1-3H3. The third-order valence-electron chi connectivity index (χ3n) is 3.20. The molecule has 0 bridgehead atoms. The van der Waals surface area contributed by atoms with Crippen molar-refractivity contribution in [2.75, 3.05) is 6.54 Å². The molecule has 90 valence electrons. The van der Waals surface area contributed by atoms with Gasteiger partial charge in [-0.2, -0.15) is 0 Å². The lowest BCUT2D eigenvalue weighted by atomic mass is 9.95. The number of hydrogen-bond donors (Lipinski definition) is 2. The first kappa shape index (κ1) is 13.2. The van der Waals surface area contributed by atoms with Crippen LogP contribution < -0.4 is 11.1 Å². The van der Waals surface area contributed by atoms with Gasteiger partial charge in [0.25, 0.3) is 0 Å². The Labute approximate surface area is 99.2 Å². The summed E-state index contributed by atoms with van der Waals surface area (Å²) >= 11 is 0. The van der Waals surface area contributed by atoms with E-state index in [1.54, 1.807) is 0 Å². The zero-order valence-electron chi connectivity index (χ0n) is 10.6. The molecule has 16 heavy (non-hydrogen) atoms. The Morgan fingerprint density at radius 1 is 1.19 bits per heavy atom. The molecule has 3 atom stereocenters. The number of nitrogens with two attached hydrogens (primary N) is 1. The molecular weight excluding hydrogens is 196 g/mol. The molecule has 0 radical (unpaired) electrons. The van der Waals surface area contributed by atoms with Gasteiger partial charge in [0.2, 0.25) is 0 Å². The van der Waals surface area contributed by atoms with Crippen molar-refractivity contribution >= 4 is 0 Å². The Bertz CT molecular complexity index is 284. The minimum atomic E-state index is 0.123. The van der Waals surface area contributed by atoms with Crippen molar-refractivity contribution in [3.8, 4) is 0 Å². The Morgan fingerprint density at radius 3 is 2.38 bits per heavy atom. The first-order valence-electron chi connectivity index (χ1n) is 6.19. The molecule has 0 aliphatic heterocycles. The van der Waals surface area contributed by atoms with Gasteiger partial charge in [0.05, 0.1) is 0 Å². The van der Waals surface area contributed by atoms with Crippen LogP contribution in [0, 0.1) is 5.92 Å². The highest BCUT2D eigenvalue weighted by Gasteiger charge is 2.14. The molecule has 0 amide bonds. The van der Waals surface area contributed by atoms with Gasteiger partial charge in [-0.3, -0.25) is 0 Å². The van der Waals surface area contributed by atoms with Crippen molar-refractivity contribution in [3.05, 3.63) is 35.9 Å². The van der Waals surface area contributed by atoms with Gasteiger partial charge in [-0.15, -0.1) is 0 Å². The van der Waals surface area contributed by atoms with E-state index >= 15 is 0 Å². The molecule has 0 saturated carbocycles. The van der Waals surface area contributed by atoms with Crippen molar-refractivity contribution < 1.29 is 0 Å². The molecule has 0 aliphatic rings. The first-order valence-corrected chi connectivity index (χ1v) is 6.19. The number of nitrogens with one attached hydrogen (secondary N) is 1. The summed E-state index contributed by atoms with van der Waals surface area (Å²) in [4.78, 5) is 0. The summed E-state index contributed by atoms with van der Waals surface area (Å²) in [6.45, 7) is 7.58. The van der Waals surface area contributed by atoms with Crippen LogP contribution in [0.2, 0.25) is 0 Å². The van der Waals surface area contributed by atoms with Crippen LogP contribution in [0.1, 0.15) is 38.8 Å². The molecule has 0 aromatic heterocycles. The van der Waals surface area contributed by atoms with Crippen molar-refractivity contribution in [1.29, 1.82) is 0 Å². The van der Waals surface area contributed by atoms with E-state index in [2.05, 4.69) is 38.2 Å². The second-order valence-corrected chi connectivity index (χ2v) is 4.63. The van der Waals surface area contributed by atoms with Crippen LogP contribution in [0.15, 0.2) is 30.3 Å². The molecule has 0 spiro atoms. The zero-order valence-corrected chi connectivity index (χ0v) is 10.6. The second kappa shape index (κ2) is 6.66. The molecule has 2 nitrogen and oxygen atoms in total. The van der Waals surface area contributed by atoms with Crippen molar-refractivity contribution in [3.63, 3.8) is 0 Å². The Morgan fingerprint density at radius 2 is 1.81 bits per heavy atom. The summed E-state index contributed by atoms with van der Waals surface area (Å²) in [6, 6.07) is 11.0.